The summed E-state index contributed by atoms with van der Waals surface area (Å²) in [4.78, 5) is 16.0. The first kappa shape index (κ1) is 23.9. The van der Waals surface area contributed by atoms with Crippen LogP contribution in [-0.4, -0.2) is 18.9 Å². The van der Waals surface area contributed by atoms with Gasteiger partial charge < -0.3 is 28.9 Å². The first-order valence-electron chi connectivity index (χ1n) is 11.5. The van der Waals surface area contributed by atoms with Gasteiger partial charge in [-0.25, -0.2) is 0 Å². The van der Waals surface area contributed by atoms with Crippen molar-refractivity contribution in [3.05, 3.63) is 120 Å². The summed E-state index contributed by atoms with van der Waals surface area (Å²) in [5, 5.41) is 0. The van der Waals surface area contributed by atoms with E-state index in [-0.39, 0.29) is 29.8 Å². The summed E-state index contributed by atoms with van der Waals surface area (Å²) in [6, 6.07) is 32.8. The fourth-order valence-corrected chi connectivity index (χ4v) is 4.61. The second-order valence-electron chi connectivity index (χ2n) is 8.17. The molecule has 1 aromatic heterocycles. The van der Waals surface area contributed by atoms with Crippen LogP contribution in [0.2, 0.25) is 0 Å². The summed E-state index contributed by atoms with van der Waals surface area (Å²) in [5.41, 5.74) is 7.72. The van der Waals surface area contributed by atoms with E-state index in [2.05, 4.69) is 61.2 Å². The van der Waals surface area contributed by atoms with Gasteiger partial charge in [-0.3, -0.25) is 4.79 Å². The molecule has 4 heteroatoms. The highest BCUT2D eigenvalue weighted by molar-refractivity contribution is 6.34. The molecule has 0 atom stereocenters. The van der Waals surface area contributed by atoms with Gasteiger partial charge in [-0.1, -0.05) is 60.7 Å². The van der Waals surface area contributed by atoms with Crippen molar-refractivity contribution in [2.75, 3.05) is 18.0 Å². The lowest BCUT2D eigenvalue weighted by Crippen LogP contribution is -3.00. The predicted molar refractivity (Wildman–Crippen MR) is 135 cm³/mol. The monoisotopic (exact) mass is 558 g/mol. The van der Waals surface area contributed by atoms with E-state index >= 15 is 0 Å². The molecule has 0 spiro atoms. The Morgan fingerprint density at radius 1 is 0.676 bits per heavy atom. The molecular weight excluding hydrogens is 531 g/mol. The maximum Gasteiger partial charge on any atom is 0.264 e. The second-order valence-corrected chi connectivity index (χ2v) is 8.17. The van der Waals surface area contributed by atoms with Crippen LogP contribution in [0, 0.1) is 0 Å². The summed E-state index contributed by atoms with van der Waals surface area (Å²) in [6.45, 7) is 6.30. The highest BCUT2D eigenvalue weighted by atomic mass is 127. The number of hydrogen-bond acceptors (Lipinski definition) is 2. The molecule has 3 nitrogen and oxygen atoms in total. The zero-order chi connectivity index (χ0) is 22.8. The Morgan fingerprint density at radius 2 is 1.26 bits per heavy atom. The SMILES string of the molecule is CCN(CC)c1ccc(-c2cc[n+]3c(c2)C(=O)C(c2ccccc2)=C3c2ccccc2)cc1.[I-]. The van der Waals surface area contributed by atoms with E-state index in [4.69, 9.17) is 0 Å². The Morgan fingerprint density at radius 3 is 1.85 bits per heavy atom. The van der Waals surface area contributed by atoms with Gasteiger partial charge in [0.2, 0.25) is 5.70 Å². The molecule has 2 heterocycles. The van der Waals surface area contributed by atoms with Crippen molar-refractivity contribution < 1.29 is 33.3 Å². The average molecular weight is 558 g/mol. The van der Waals surface area contributed by atoms with Crippen molar-refractivity contribution in [3.63, 3.8) is 0 Å². The number of allylic oxidation sites excluding steroid dienone is 1. The van der Waals surface area contributed by atoms with E-state index in [1.807, 2.05) is 65.4 Å². The number of anilines is 1. The first-order valence-corrected chi connectivity index (χ1v) is 11.5. The number of hydrogen-bond donors (Lipinski definition) is 0. The van der Waals surface area contributed by atoms with Crippen LogP contribution in [0.5, 0.6) is 0 Å². The lowest BCUT2D eigenvalue weighted by atomic mass is 9.97. The molecule has 3 aromatic carbocycles. The lowest BCUT2D eigenvalue weighted by Gasteiger charge is -2.21. The van der Waals surface area contributed by atoms with Gasteiger partial charge in [0.05, 0.1) is 0 Å². The third kappa shape index (κ3) is 4.30. The quantitative estimate of drug-likeness (QED) is 0.269. The van der Waals surface area contributed by atoms with Gasteiger partial charge in [0.15, 0.2) is 6.20 Å². The molecule has 1 aliphatic heterocycles. The van der Waals surface area contributed by atoms with Gasteiger partial charge in [0, 0.05) is 36.5 Å². The van der Waals surface area contributed by atoms with Crippen LogP contribution < -0.4 is 33.4 Å². The van der Waals surface area contributed by atoms with E-state index < -0.39 is 0 Å². The van der Waals surface area contributed by atoms with Crippen LogP contribution in [-0.2, 0) is 0 Å². The minimum Gasteiger partial charge on any atom is -1.00 e. The third-order valence-corrected chi connectivity index (χ3v) is 6.33. The molecule has 0 unspecified atom stereocenters. The molecule has 170 valence electrons. The maximum absolute atomic E-state index is 13.7. The molecule has 0 aliphatic carbocycles. The molecule has 0 radical (unpaired) electrons. The molecular formula is C30H27IN2O. The lowest BCUT2D eigenvalue weighted by molar-refractivity contribution is -0.577. The zero-order valence-electron chi connectivity index (χ0n) is 19.4. The maximum atomic E-state index is 13.7. The average Bonchev–Trinajstić information content (AvgIpc) is 3.18. The van der Waals surface area contributed by atoms with Crippen molar-refractivity contribution in [3.8, 4) is 11.1 Å². The van der Waals surface area contributed by atoms with Gasteiger partial charge in [0.25, 0.3) is 11.5 Å². The zero-order valence-corrected chi connectivity index (χ0v) is 21.6. The fraction of sp³-hybridized carbons (Fsp3) is 0.133. The van der Waals surface area contributed by atoms with Crippen molar-refractivity contribution in [2.45, 2.75) is 13.8 Å². The van der Waals surface area contributed by atoms with Crippen LogP contribution >= 0.6 is 0 Å². The summed E-state index contributed by atoms with van der Waals surface area (Å²) in [5.74, 6) is 0.0571. The Balaban J connectivity index is 0.00000274. The molecule has 0 bridgehead atoms. The topological polar surface area (TPSA) is 24.2 Å². The fourth-order valence-electron chi connectivity index (χ4n) is 4.61. The molecule has 5 rings (SSSR count). The second kappa shape index (κ2) is 10.3. The van der Waals surface area contributed by atoms with Crippen molar-refractivity contribution in [1.82, 2.24) is 0 Å². The third-order valence-electron chi connectivity index (χ3n) is 6.33. The molecule has 0 fully saturated rings. The van der Waals surface area contributed by atoms with E-state index in [1.54, 1.807) is 0 Å². The van der Waals surface area contributed by atoms with Crippen LogP contribution in [0.4, 0.5) is 5.69 Å². The van der Waals surface area contributed by atoms with Gasteiger partial charge >= 0.3 is 0 Å². The molecule has 4 aromatic rings. The largest absolute Gasteiger partial charge is 1.00 e. The van der Waals surface area contributed by atoms with Crippen LogP contribution in [0.15, 0.2) is 103 Å². The smallest absolute Gasteiger partial charge is 0.264 e. The number of aromatic nitrogens is 1. The van der Waals surface area contributed by atoms with Crippen molar-refractivity contribution in [2.24, 2.45) is 0 Å². The molecule has 0 saturated carbocycles. The Hall–Kier alpha value is -3.25. The number of pyridine rings is 1. The van der Waals surface area contributed by atoms with E-state index in [1.165, 1.54) is 5.69 Å². The van der Waals surface area contributed by atoms with Gasteiger partial charge in [-0.05, 0) is 54.8 Å². The van der Waals surface area contributed by atoms with Crippen LogP contribution in [0.1, 0.15) is 35.5 Å². The number of carbonyl (C=O) groups excluding carboxylic acids is 1. The molecule has 0 N–H and O–H groups in total. The number of nitrogens with zero attached hydrogens (tertiary/aromatic N) is 2. The first-order chi connectivity index (χ1) is 16.2. The molecule has 0 saturated heterocycles. The van der Waals surface area contributed by atoms with Crippen molar-refractivity contribution >= 4 is 22.7 Å². The summed E-state index contributed by atoms with van der Waals surface area (Å²) < 4.78 is 2.04. The highest BCUT2D eigenvalue weighted by Crippen LogP contribution is 2.33. The number of ketones is 1. The number of Topliss-reactive ketones (excluding diaryl/α,β-unsaturated/α-hetero) is 1. The summed E-state index contributed by atoms with van der Waals surface area (Å²) in [6.07, 6.45) is 2.03. The van der Waals surface area contributed by atoms with Gasteiger partial charge in [-0.2, -0.15) is 4.57 Å². The summed E-state index contributed by atoms with van der Waals surface area (Å²) >= 11 is 0. The molecule has 0 amide bonds. The minimum absolute atomic E-state index is 0. The number of halogens is 1. The molecule has 34 heavy (non-hydrogen) atoms. The normalized spacial score (nSPS) is 12.4. The number of carbonyl (C=O) groups is 1. The van der Waals surface area contributed by atoms with E-state index in [0.29, 0.717) is 5.69 Å². The predicted octanol–water partition coefficient (Wildman–Crippen LogP) is 3.10. The van der Waals surface area contributed by atoms with Gasteiger partial charge in [0.1, 0.15) is 5.57 Å². The minimum atomic E-state index is 0. The van der Waals surface area contributed by atoms with E-state index in [9.17, 15) is 4.79 Å². The number of rotatable bonds is 6. The Labute approximate surface area is 218 Å². The van der Waals surface area contributed by atoms with Gasteiger partial charge in [-0.15, -0.1) is 0 Å². The summed E-state index contributed by atoms with van der Waals surface area (Å²) in [7, 11) is 0. The molecule has 1 aliphatic rings. The highest BCUT2D eigenvalue weighted by Gasteiger charge is 2.40. The van der Waals surface area contributed by atoms with Crippen molar-refractivity contribution in [1.29, 1.82) is 0 Å². The van der Waals surface area contributed by atoms with Crippen LogP contribution in [0.25, 0.3) is 22.4 Å². The number of benzene rings is 3. The number of fused-ring (bicyclic) bond motifs is 1. The standard InChI is InChI=1S/C30H27N2O.HI/c1-3-31(4-2)26-17-15-22(16-18-26)25-19-20-32-27(21-25)30(33)28(23-11-7-5-8-12-23)29(32)24-13-9-6-10-14-24;/h5-21H,3-4H2,1-2H3;1H/q+1;/p-1. The van der Waals surface area contributed by atoms with E-state index in [0.717, 1.165) is 46.6 Å². The Kier molecular flexibility index (Phi) is 7.27. The Bertz CT molecular complexity index is 1330. The van der Waals surface area contributed by atoms with Crippen LogP contribution in [0.3, 0.4) is 0 Å².